The second kappa shape index (κ2) is 14.6. The molecule has 2 saturated heterocycles. The summed E-state index contributed by atoms with van der Waals surface area (Å²) in [5, 5.41) is 10.5. The van der Waals surface area contributed by atoms with Crippen LogP contribution >= 0.6 is 0 Å². The van der Waals surface area contributed by atoms with Gasteiger partial charge in [-0.3, -0.25) is 0 Å². The maximum atomic E-state index is 11.2. The zero-order valence-electron chi connectivity index (χ0n) is 19.3. The number of aliphatic hydroxyl groups is 1. The van der Waals surface area contributed by atoms with E-state index >= 15 is 0 Å². The number of carbonyl (C=O) groups is 1. The topological polar surface area (TPSA) is 74.2 Å². The first-order chi connectivity index (χ1) is 15.3. The molecule has 31 heavy (non-hydrogen) atoms. The number of hydrogen-bond donors (Lipinski definition) is 1. The van der Waals surface area contributed by atoms with Gasteiger partial charge in [0, 0.05) is 32.7 Å². The molecule has 0 radical (unpaired) electrons. The molecule has 3 rings (SSSR count). The van der Waals surface area contributed by atoms with Crippen molar-refractivity contribution in [2.75, 3.05) is 19.8 Å². The Bertz CT molecular complexity index is 475. The third kappa shape index (κ3) is 8.73. The van der Waals surface area contributed by atoms with Crippen molar-refractivity contribution < 1.29 is 28.8 Å². The van der Waals surface area contributed by atoms with E-state index in [4.69, 9.17) is 18.9 Å². The maximum absolute atomic E-state index is 11.2. The first-order valence-electron chi connectivity index (χ1n) is 12.9. The largest absolute Gasteiger partial charge is 0.393 e. The third-order valence-corrected chi connectivity index (χ3v) is 7.20. The Hall–Kier alpha value is -0.530. The minimum absolute atomic E-state index is 0.0159. The molecule has 1 saturated carbocycles. The third-order valence-electron chi connectivity index (χ3n) is 7.20. The van der Waals surface area contributed by atoms with Crippen LogP contribution in [0.25, 0.3) is 0 Å². The molecular weight excluding hydrogens is 396 g/mol. The highest BCUT2D eigenvalue weighted by atomic mass is 16.7. The summed E-state index contributed by atoms with van der Waals surface area (Å²) in [5.74, 6) is 0.292. The molecule has 6 heteroatoms. The number of aldehydes is 1. The van der Waals surface area contributed by atoms with Gasteiger partial charge in [-0.25, -0.2) is 0 Å². The quantitative estimate of drug-likeness (QED) is 0.310. The van der Waals surface area contributed by atoms with E-state index in [0.29, 0.717) is 12.8 Å². The molecule has 6 nitrogen and oxygen atoms in total. The summed E-state index contributed by atoms with van der Waals surface area (Å²) in [4.78, 5) is 11.2. The lowest BCUT2D eigenvalue weighted by Gasteiger charge is -2.30. The molecule has 2 unspecified atom stereocenters. The van der Waals surface area contributed by atoms with E-state index in [1.165, 1.54) is 32.1 Å². The molecule has 1 N–H and O–H groups in total. The molecule has 0 bridgehead atoms. The van der Waals surface area contributed by atoms with Gasteiger partial charge in [-0.15, -0.1) is 0 Å². The summed E-state index contributed by atoms with van der Waals surface area (Å²) >= 11 is 0. The van der Waals surface area contributed by atoms with Crippen LogP contribution in [0.1, 0.15) is 96.3 Å². The number of hydrogen-bond acceptors (Lipinski definition) is 6. The second-order valence-electron chi connectivity index (χ2n) is 9.58. The first kappa shape index (κ1) is 25.1. The van der Waals surface area contributed by atoms with Crippen LogP contribution in [0.4, 0.5) is 0 Å². The van der Waals surface area contributed by atoms with E-state index in [2.05, 4.69) is 0 Å². The van der Waals surface area contributed by atoms with Crippen molar-refractivity contribution >= 4 is 6.29 Å². The lowest BCUT2D eigenvalue weighted by molar-refractivity contribution is -0.196. The first-order valence-corrected chi connectivity index (χ1v) is 12.9. The van der Waals surface area contributed by atoms with Gasteiger partial charge in [-0.05, 0) is 63.2 Å². The number of rotatable bonds is 14. The SMILES string of the molecule is O=CC[C@@H]1[C@@H](CCCCCCCCOC2CCCCO2)[C@@H](OC2CCCCO2)C[C@@H]1O. The molecule has 1 aliphatic carbocycles. The summed E-state index contributed by atoms with van der Waals surface area (Å²) in [5.41, 5.74) is 0. The van der Waals surface area contributed by atoms with E-state index in [1.54, 1.807) is 0 Å². The summed E-state index contributed by atoms with van der Waals surface area (Å²) in [6, 6.07) is 0. The Morgan fingerprint density at radius 2 is 1.52 bits per heavy atom. The normalized spacial score (nSPS) is 34.1. The van der Waals surface area contributed by atoms with E-state index in [-0.39, 0.29) is 30.5 Å². The summed E-state index contributed by atoms with van der Waals surface area (Å²) in [6.07, 6.45) is 16.2. The van der Waals surface area contributed by atoms with Crippen LogP contribution in [0.5, 0.6) is 0 Å². The fraction of sp³-hybridized carbons (Fsp3) is 0.960. The Morgan fingerprint density at radius 3 is 2.19 bits per heavy atom. The monoisotopic (exact) mass is 440 g/mol. The number of ether oxygens (including phenoxy) is 4. The smallest absolute Gasteiger partial charge is 0.157 e. The lowest BCUT2D eigenvalue weighted by Crippen LogP contribution is -2.31. The highest BCUT2D eigenvalue weighted by Crippen LogP contribution is 2.40. The van der Waals surface area contributed by atoms with Crippen LogP contribution in [0.2, 0.25) is 0 Å². The molecule has 3 fully saturated rings. The molecule has 6 atom stereocenters. The zero-order valence-corrected chi connectivity index (χ0v) is 19.3. The van der Waals surface area contributed by atoms with Gasteiger partial charge in [-0.1, -0.05) is 32.1 Å². The Morgan fingerprint density at radius 1 is 0.839 bits per heavy atom. The Labute approximate surface area is 188 Å². The number of unbranched alkanes of at least 4 members (excludes halogenated alkanes) is 5. The van der Waals surface area contributed by atoms with Crippen LogP contribution in [-0.4, -0.2) is 56.0 Å². The van der Waals surface area contributed by atoms with Crippen molar-refractivity contribution in [2.45, 2.75) is 121 Å². The van der Waals surface area contributed by atoms with E-state index in [1.807, 2.05) is 0 Å². The van der Waals surface area contributed by atoms with Crippen molar-refractivity contribution in [3.63, 3.8) is 0 Å². The maximum Gasteiger partial charge on any atom is 0.157 e. The molecule has 0 aromatic rings. The van der Waals surface area contributed by atoms with Crippen molar-refractivity contribution in [1.82, 2.24) is 0 Å². The molecular formula is C25H44O6. The summed E-state index contributed by atoms with van der Waals surface area (Å²) in [6.45, 7) is 2.41. The van der Waals surface area contributed by atoms with Crippen LogP contribution in [0.3, 0.4) is 0 Å². The highest BCUT2D eigenvalue weighted by molar-refractivity contribution is 5.50. The van der Waals surface area contributed by atoms with E-state index in [0.717, 1.165) is 77.5 Å². The van der Waals surface area contributed by atoms with E-state index < -0.39 is 6.10 Å². The second-order valence-corrected chi connectivity index (χ2v) is 9.58. The van der Waals surface area contributed by atoms with Crippen molar-refractivity contribution in [3.8, 4) is 0 Å². The zero-order chi connectivity index (χ0) is 21.7. The molecule has 180 valence electrons. The molecule has 0 spiro atoms. The number of carbonyl (C=O) groups excluding carboxylic acids is 1. The van der Waals surface area contributed by atoms with Crippen LogP contribution in [0, 0.1) is 11.8 Å². The average Bonchev–Trinajstić information content (AvgIpc) is 3.08. The summed E-state index contributed by atoms with van der Waals surface area (Å²) in [7, 11) is 0. The Kier molecular flexibility index (Phi) is 11.8. The van der Waals surface area contributed by atoms with Gasteiger partial charge >= 0.3 is 0 Å². The molecule has 0 amide bonds. The molecule has 3 aliphatic rings. The predicted octanol–water partition coefficient (Wildman–Crippen LogP) is 4.76. The fourth-order valence-corrected chi connectivity index (χ4v) is 5.41. The van der Waals surface area contributed by atoms with E-state index in [9.17, 15) is 9.90 Å². The molecule has 0 aromatic carbocycles. The molecule has 2 aliphatic heterocycles. The fourth-order valence-electron chi connectivity index (χ4n) is 5.41. The van der Waals surface area contributed by atoms with Gasteiger partial charge < -0.3 is 28.8 Å². The predicted molar refractivity (Wildman–Crippen MR) is 119 cm³/mol. The van der Waals surface area contributed by atoms with Gasteiger partial charge in [0.2, 0.25) is 0 Å². The van der Waals surface area contributed by atoms with Crippen molar-refractivity contribution in [1.29, 1.82) is 0 Å². The van der Waals surface area contributed by atoms with Crippen LogP contribution < -0.4 is 0 Å². The summed E-state index contributed by atoms with van der Waals surface area (Å²) < 4.78 is 23.4. The van der Waals surface area contributed by atoms with Gasteiger partial charge in [0.1, 0.15) is 6.29 Å². The van der Waals surface area contributed by atoms with Gasteiger partial charge in [0.05, 0.1) is 12.2 Å². The lowest BCUT2D eigenvalue weighted by atomic mass is 9.86. The van der Waals surface area contributed by atoms with Crippen LogP contribution in [-0.2, 0) is 23.7 Å². The highest BCUT2D eigenvalue weighted by Gasteiger charge is 2.43. The van der Waals surface area contributed by atoms with Gasteiger partial charge in [0.25, 0.3) is 0 Å². The number of aliphatic hydroxyl groups excluding tert-OH is 1. The molecule has 0 aromatic heterocycles. The van der Waals surface area contributed by atoms with Crippen molar-refractivity contribution in [2.24, 2.45) is 11.8 Å². The van der Waals surface area contributed by atoms with Crippen LogP contribution in [0.15, 0.2) is 0 Å². The molecule has 2 heterocycles. The minimum Gasteiger partial charge on any atom is -0.393 e. The van der Waals surface area contributed by atoms with Gasteiger partial charge in [-0.2, -0.15) is 0 Å². The average molecular weight is 441 g/mol. The van der Waals surface area contributed by atoms with Gasteiger partial charge in [0.15, 0.2) is 12.6 Å². The Balaban J connectivity index is 1.28. The standard InChI is InChI=1S/C25H44O6/c26-15-14-20-21(23(19-22(20)27)31-25-13-7-10-18-30-25)11-5-3-1-2-4-8-16-28-24-12-6-9-17-29-24/h15,20-25,27H,1-14,16-19H2/t20-,21-,22+,23+,24?,25?/m1/s1. The minimum atomic E-state index is -0.433. The van der Waals surface area contributed by atoms with Crippen molar-refractivity contribution in [3.05, 3.63) is 0 Å².